The first-order valence-corrected chi connectivity index (χ1v) is 11.2. The summed E-state index contributed by atoms with van der Waals surface area (Å²) in [7, 11) is 0. The molecule has 0 aliphatic carbocycles. The molecule has 9 heteroatoms. The van der Waals surface area contributed by atoms with Crippen LogP contribution in [0.25, 0.3) is 0 Å². The molecule has 3 aromatic rings. The number of benzene rings is 2. The van der Waals surface area contributed by atoms with Gasteiger partial charge < -0.3 is 10.6 Å². The number of carbonyl (C=O) groups excluding carboxylic acids is 2. The molecule has 0 saturated heterocycles. The van der Waals surface area contributed by atoms with E-state index in [1.165, 1.54) is 23.2 Å². The molecule has 2 amide bonds. The third kappa shape index (κ3) is 5.79. The molecule has 178 valence electrons. The number of nitrogens with zero attached hydrogens (tertiary/aromatic N) is 3. The van der Waals surface area contributed by atoms with Crippen molar-refractivity contribution < 1.29 is 18.4 Å². The van der Waals surface area contributed by atoms with Gasteiger partial charge in [0.15, 0.2) is 0 Å². The summed E-state index contributed by atoms with van der Waals surface area (Å²) in [5.74, 6) is 5.74. The number of amides is 2. The van der Waals surface area contributed by atoms with Gasteiger partial charge in [-0.1, -0.05) is 30.0 Å². The Labute approximate surface area is 201 Å². The Morgan fingerprint density at radius 2 is 1.77 bits per heavy atom. The number of rotatable bonds is 9. The summed E-state index contributed by atoms with van der Waals surface area (Å²) in [6, 6.07) is 12.7. The predicted molar refractivity (Wildman–Crippen MR) is 129 cm³/mol. The molecule has 0 spiro atoms. The summed E-state index contributed by atoms with van der Waals surface area (Å²) in [6.07, 6.45) is 2.80. The van der Waals surface area contributed by atoms with Gasteiger partial charge in [-0.2, -0.15) is 4.98 Å². The van der Waals surface area contributed by atoms with E-state index >= 15 is 0 Å². The van der Waals surface area contributed by atoms with Gasteiger partial charge >= 0.3 is 0 Å². The predicted octanol–water partition coefficient (Wildman–Crippen LogP) is 4.56. The fourth-order valence-electron chi connectivity index (χ4n) is 3.56. The molecule has 0 saturated carbocycles. The van der Waals surface area contributed by atoms with Gasteiger partial charge in [0, 0.05) is 25.2 Å². The second kappa shape index (κ2) is 11.2. The van der Waals surface area contributed by atoms with E-state index in [4.69, 9.17) is 0 Å². The molecule has 0 radical (unpaired) electrons. The zero-order valence-electron chi connectivity index (χ0n) is 18.9. The number of imide groups is 1. The van der Waals surface area contributed by atoms with E-state index in [1.54, 1.807) is 36.4 Å². The molecule has 1 aliphatic rings. The Kier molecular flexibility index (Phi) is 7.63. The third-order valence-corrected chi connectivity index (χ3v) is 5.26. The molecule has 0 unspecified atom stereocenters. The Hall–Kier alpha value is -4.32. The summed E-state index contributed by atoms with van der Waals surface area (Å²) in [5.41, 5.74) is 1.87. The maximum Gasteiger partial charge on any atom is 0.261 e. The lowest BCUT2D eigenvalue weighted by Gasteiger charge is -2.12. The molecule has 0 fully saturated rings. The van der Waals surface area contributed by atoms with Crippen LogP contribution in [0.4, 0.5) is 26.2 Å². The highest BCUT2D eigenvalue weighted by atomic mass is 19.1. The zero-order valence-corrected chi connectivity index (χ0v) is 18.9. The highest BCUT2D eigenvalue weighted by Gasteiger charge is 2.34. The minimum Gasteiger partial charge on any atom is -0.369 e. The molecular weight excluding hydrogens is 452 g/mol. The maximum atomic E-state index is 13.4. The fourth-order valence-corrected chi connectivity index (χ4v) is 3.56. The number of nitrogens with one attached hydrogen (secondary N) is 2. The van der Waals surface area contributed by atoms with Gasteiger partial charge in [-0.05, 0) is 43.2 Å². The van der Waals surface area contributed by atoms with Crippen LogP contribution in [0.2, 0.25) is 0 Å². The molecule has 2 heterocycles. The minimum absolute atomic E-state index is 0.245. The molecule has 2 N–H and O–H groups in total. The summed E-state index contributed by atoms with van der Waals surface area (Å²) in [4.78, 5) is 34.7. The highest BCUT2D eigenvalue weighted by Crippen LogP contribution is 2.23. The first-order valence-electron chi connectivity index (χ1n) is 11.2. The molecular formula is C26H23F2N5O2. The Morgan fingerprint density at radius 3 is 2.49 bits per heavy atom. The van der Waals surface area contributed by atoms with Crippen molar-refractivity contribution in [3.05, 3.63) is 77.2 Å². The smallest absolute Gasteiger partial charge is 0.261 e. The van der Waals surface area contributed by atoms with Crippen molar-refractivity contribution in [2.75, 3.05) is 30.4 Å². The lowest BCUT2D eigenvalue weighted by Crippen LogP contribution is -2.30. The lowest BCUT2D eigenvalue weighted by atomic mass is 10.1. The number of alkyl halides is 1. The minimum atomic E-state index is -0.467. The maximum absolute atomic E-state index is 13.4. The molecule has 1 aromatic heterocycles. The van der Waals surface area contributed by atoms with Crippen LogP contribution in [0, 0.1) is 17.7 Å². The van der Waals surface area contributed by atoms with Crippen molar-refractivity contribution in [2.45, 2.75) is 19.3 Å². The van der Waals surface area contributed by atoms with Crippen LogP contribution in [0.1, 0.15) is 45.5 Å². The van der Waals surface area contributed by atoms with E-state index in [2.05, 4.69) is 32.4 Å². The summed E-state index contributed by atoms with van der Waals surface area (Å²) in [5, 5.41) is 5.99. The number of anilines is 3. The van der Waals surface area contributed by atoms with Crippen LogP contribution >= 0.6 is 0 Å². The van der Waals surface area contributed by atoms with Gasteiger partial charge in [0.2, 0.25) is 5.95 Å². The van der Waals surface area contributed by atoms with Crippen LogP contribution in [0.15, 0.2) is 54.7 Å². The lowest BCUT2D eigenvalue weighted by molar-refractivity contribution is 0.0653. The number of carbonyl (C=O) groups is 2. The average molecular weight is 475 g/mol. The standard InChI is InChI=1S/C26H23F2N5O2/c27-13-7-14-29-23-18(17-30-26(32-23)31-20-10-6-9-19(28)16-20)8-2-1-5-15-33-24(34)21-11-3-4-12-22(21)25(33)35/h3-4,6,9-12,16-17H,1,5,7,13-15H2,(H2,29,30,31,32). The first kappa shape index (κ1) is 23.8. The summed E-state index contributed by atoms with van der Waals surface area (Å²) in [6.45, 7) is 0.169. The van der Waals surface area contributed by atoms with E-state index in [-0.39, 0.29) is 30.1 Å². The van der Waals surface area contributed by atoms with Gasteiger partial charge in [-0.25, -0.2) is 9.37 Å². The molecule has 1 aliphatic heterocycles. The molecule has 0 atom stereocenters. The van der Waals surface area contributed by atoms with Crippen LogP contribution in [0.5, 0.6) is 0 Å². The molecule has 2 aromatic carbocycles. The normalized spacial score (nSPS) is 12.2. The Bertz CT molecular complexity index is 1270. The van der Waals surface area contributed by atoms with Crippen molar-refractivity contribution in [1.82, 2.24) is 14.9 Å². The van der Waals surface area contributed by atoms with Gasteiger partial charge in [0.1, 0.15) is 11.6 Å². The van der Waals surface area contributed by atoms with Crippen molar-refractivity contribution in [3.8, 4) is 11.8 Å². The second-order valence-electron chi connectivity index (χ2n) is 7.77. The number of hydrogen-bond donors (Lipinski definition) is 2. The van der Waals surface area contributed by atoms with E-state index in [0.29, 0.717) is 54.0 Å². The quantitative estimate of drug-likeness (QED) is 0.268. The van der Waals surface area contributed by atoms with E-state index in [1.807, 2.05) is 0 Å². The van der Waals surface area contributed by atoms with Gasteiger partial charge in [0.05, 0.1) is 29.6 Å². The van der Waals surface area contributed by atoms with Gasteiger partial charge in [-0.15, -0.1) is 0 Å². The number of halogens is 2. The van der Waals surface area contributed by atoms with E-state index in [9.17, 15) is 18.4 Å². The topological polar surface area (TPSA) is 87.2 Å². The number of aromatic nitrogens is 2. The molecule has 35 heavy (non-hydrogen) atoms. The Balaban J connectivity index is 1.39. The average Bonchev–Trinajstić information content (AvgIpc) is 3.10. The highest BCUT2D eigenvalue weighted by molar-refractivity contribution is 6.21. The number of fused-ring (bicyclic) bond motifs is 1. The van der Waals surface area contributed by atoms with Gasteiger partial charge in [-0.3, -0.25) is 18.9 Å². The van der Waals surface area contributed by atoms with Crippen LogP contribution in [-0.2, 0) is 0 Å². The SMILES string of the molecule is O=C1c2ccccc2C(=O)N1CCCC#Cc1cnc(Nc2cccc(F)c2)nc1NCCCF. The number of unbranched alkanes of at least 4 members (excludes halogenated alkanes) is 1. The molecule has 7 nitrogen and oxygen atoms in total. The van der Waals surface area contributed by atoms with Crippen LogP contribution in [0.3, 0.4) is 0 Å². The van der Waals surface area contributed by atoms with E-state index in [0.717, 1.165) is 0 Å². The van der Waals surface area contributed by atoms with E-state index < -0.39 is 6.67 Å². The third-order valence-electron chi connectivity index (χ3n) is 5.26. The first-order chi connectivity index (χ1) is 17.1. The zero-order chi connectivity index (χ0) is 24.6. The fraction of sp³-hybridized carbons (Fsp3) is 0.231. The number of hydrogen-bond acceptors (Lipinski definition) is 6. The van der Waals surface area contributed by atoms with Crippen molar-refractivity contribution >= 4 is 29.3 Å². The van der Waals surface area contributed by atoms with Crippen LogP contribution < -0.4 is 10.6 Å². The van der Waals surface area contributed by atoms with Crippen molar-refractivity contribution in [3.63, 3.8) is 0 Å². The van der Waals surface area contributed by atoms with Gasteiger partial charge in [0.25, 0.3) is 11.8 Å². The molecule has 4 rings (SSSR count). The Morgan fingerprint density at radius 1 is 1.00 bits per heavy atom. The second-order valence-corrected chi connectivity index (χ2v) is 7.77. The molecule has 0 bridgehead atoms. The van der Waals surface area contributed by atoms with Crippen molar-refractivity contribution in [2.24, 2.45) is 0 Å². The monoisotopic (exact) mass is 475 g/mol. The summed E-state index contributed by atoms with van der Waals surface area (Å²) >= 11 is 0. The summed E-state index contributed by atoms with van der Waals surface area (Å²) < 4.78 is 26.0. The van der Waals surface area contributed by atoms with Crippen molar-refractivity contribution in [1.29, 1.82) is 0 Å². The van der Waals surface area contributed by atoms with Crippen LogP contribution in [-0.4, -0.2) is 46.4 Å². The largest absolute Gasteiger partial charge is 0.369 e.